The van der Waals surface area contributed by atoms with E-state index in [1.165, 1.54) is 12.8 Å². The van der Waals surface area contributed by atoms with Crippen molar-refractivity contribution in [3.63, 3.8) is 0 Å². The third kappa shape index (κ3) is 4.25. The first-order valence-corrected chi connectivity index (χ1v) is 8.16. The van der Waals surface area contributed by atoms with Crippen LogP contribution in [-0.2, 0) is 0 Å². The van der Waals surface area contributed by atoms with Gasteiger partial charge in [0.25, 0.3) is 0 Å². The Morgan fingerprint density at radius 1 is 1.11 bits per heavy atom. The Morgan fingerprint density at radius 2 is 1.63 bits per heavy atom. The molecule has 0 bridgehead atoms. The Hall–Kier alpha value is 0.0400. The first-order valence-electron chi connectivity index (χ1n) is 6.61. The SMILES string of the molecule is OC1(CNc2c(Cl)cc(Br)cc2Cl)CCCCCC1. The van der Waals surface area contributed by atoms with Crippen LogP contribution in [0.15, 0.2) is 16.6 Å². The minimum atomic E-state index is -0.643. The van der Waals surface area contributed by atoms with E-state index in [4.69, 9.17) is 23.2 Å². The quantitative estimate of drug-likeness (QED) is 0.715. The highest BCUT2D eigenvalue weighted by Crippen LogP contribution is 2.35. The second-order valence-corrected chi connectivity index (χ2v) is 6.97. The molecule has 0 atom stereocenters. The van der Waals surface area contributed by atoms with Crippen LogP contribution in [0.3, 0.4) is 0 Å². The van der Waals surface area contributed by atoms with E-state index in [1.54, 1.807) is 12.1 Å². The summed E-state index contributed by atoms with van der Waals surface area (Å²) in [5.41, 5.74) is 0.0557. The van der Waals surface area contributed by atoms with Gasteiger partial charge < -0.3 is 10.4 Å². The Bertz CT molecular complexity index is 422. The molecule has 0 amide bonds. The molecule has 19 heavy (non-hydrogen) atoms. The maximum atomic E-state index is 10.6. The zero-order valence-electron chi connectivity index (χ0n) is 10.7. The number of rotatable bonds is 3. The fourth-order valence-corrected chi connectivity index (χ4v) is 3.87. The Balaban J connectivity index is 2.05. The fraction of sp³-hybridized carbons (Fsp3) is 0.571. The maximum Gasteiger partial charge on any atom is 0.0819 e. The smallest absolute Gasteiger partial charge is 0.0819 e. The third-order valence-electron chi connectivity index (χ3n) is 3.64. The second-order valence-electron chi connectivity index (χ2n) is 5.24. The molecule has 0 heterocycles. The van der Waals surface area contributed by atoms with Crippen LogP contribution in [0.1, 0.15) is 38.5 Å². The summed E-state index contributed by atoms with van der Waals surface area (Å²) in [5.74, 6) is 0. The summed E-state index contributed by atoms with van der Waals surface area (Å²) < 4.78 is 0.848. The molecule has 2 N–H and O–H groups in total. The van der Waals surface area contributed by atoms with Crippen LogP contribution in [-0.4, -0.2) is 17.3 Å². The normalized spacial score (nSPS) is 18.9. The number of hydrogen-bond donors (Lipinski definition) is 2. The van der Waals surface area contributed by atoms with Crippen molar-refractivity contribution in [2.45, 2.75) is 44.1 Å². The Morgan fingerprint density at radius 3 is 2.16 bits per heavy atom. The van der Waals surface area contributed by atoms with E-state index in [9.17, 15) is 5.11 Å². The van der Waals surface area contributed by atoms with Gasteiger partial charge in [0.1, 0.15) is 0 Å². The van der Waals surface area contributed by atoms with Gasteiger partial charge in [0.05, 0.1) is 21.3 Å². The molecule has 0 aromatic heterocycles. The van der Waals surface area contributed by atoms with E-state index in [-0.39, 0.29) is 0 Å². The maximum absolute atomic E-state index is 10.6. The van der Waals surface area contributed by atoms with Crippen LogP contribution < -0.4 is 5.32 Å². The predicted octanol–water partition coefficient (Wildman–Crippen LogP) is 5.25. The summed E-state index contributed by atoms with van der Waals surface area (Å²) in [6, 6.07) is 3.60. The first-order chi connectivity index (χ1) is 9.00. The number of hydrogen-bond acceptors (Lipinski definition) is 2. The standard InChI is InChI=1S/C14H18BrCl2NO/c15-10-7-11(16)13(12(17)8-10)18-9-14(19)5-3-1-2-4-6-14/h7-8,18-19H,1-6,9H2. The largest absolute Gasteiger partial charge is 0.388 e. The van der Waals surface area contributed by atoms with Gasteiger partial charge in [0, 0.05) is 11.0 Å². The summed E-state index contributed by atoms with van der Waals surface area (Å²) in [4.78, 5) is 0. The summed E-state index contributed by atoms with van der Waals surface area (Å²) in [6.45, 7) is 0.494. The zero-order chi connectivity index (χ0) is 13.9. The molecule has 1 aromatic carbocycles. The number of nitrogens with one attached hydrogen (secondary N) is 1. The van der Waals surface area contributed by atoms with E-state index in [1.807, 2.05) is 0 Å². The van der Waals surface area contributed by atoms with Crippen LogP contribution in [0.4, 0.5) is 5.69 Å². The first kappa shape index (κ1) is 15.4. The lowest BCUT2D eigenvalue weighted by atomic mass is 9.94. The molecule has 5 heteroatoms. The average Bonchev–Trinajstić information content (AvgIpc) is 2.53. The highest BCUT2D eigenvalue weighted by molar-refractivity contribution is 9.10. The van der Waals surface area contributed by atoms with Crippen LogP contribution in [0.5, 0.6) is 0 Å². The minimum Gasteiger partial charge on any atom is -0.388 e. The summed E-state index contributed by atoms with van der Waals surface area (Å²) >= 11 is 15.7. The Kier molecular flexibility index (Phi) is 5.41. The van der Waals surface area contributed by atoms with Gasteiger partial charge in [0.2, 0.25) is 0 Å². The molecule has 1 fully saturated rings. The van der Waals surface area contributed by atoms with Crippen LogP contribution in [0, 0.1) is 0 Å². The number of halogens is 3. The van der Waals surface area contributed by atoms with Crippen molar-refractivity contribution in [3.05, 3.63) is 26.7 Å². The molecule has 1 aliphatic carbocycles. The third-order valence-corrected chi connectivity index (χ3v) is 4.69. The number of anilines is 1. The van der Waals surface area contributed by atoms with E-state index in [0.717, 1.165) is 30.2 Å². The van der Waals surface area contributed by atoms with E-state index in [2.05, 4.69) is 21.2 Å². The Labute approximate surface area is 132 Å². The van der Waals surface area contributed by atoms with Crippen molar-refractivity contribution >= 4 is 44.8 Å². The molecular formula is C14H18BrCl2NO. The van der Waals surface area contributed by atoms with Gasteiger partial charge in [-0.2, -0.15) is 0 Å². The molecule has 2 nitrogen and oxygen atoms in total. The van der Waals surface area contributed by atoms with Crippen molar-refractivity contribution in [1.82, 2.24) is 0 Å². The molecule has 0 spiro atoms. The molecule has 0 saturated heterocycles. The molecule has 106 valence electrons. The molecule has 1 saturated carbocycles. The van der Waals surface area contributed by atoms with Crippen molar-refractivity contribution in [3.8, 4) is 0 Å². The van der Waals surface area contributed by atoms with Gasteiger partial charge in [0.15, 0.2) is 0 Å². The van der Waals surface area contributed by atoms with Crippen molar-refractivity contribution in [2.24, 2.45) is 0 Å². The highest BCUT2D eigenvalue weighted by atomic mass is 79.9. The topological polar surface area (TPSA) is 32.3 Å². The zero-order valence-corrected chi connectivity index (χ0v) is 13.8. The highest BCUT2D eigenvalue weighted by Gasteiger charge is 2.28. The van der Waals surface area contributed by atoms with Crippen LogP contribution >= 0.6 is 39.1 Å². The van der Waals surface area contributed by atoms with Crippen molar-refractivity contribution in [2.75, 3.05) is 11.9 Å². The fourth-order valence-electron chi connectivity index (χ4n) is 2.53. The van der Waals surface area contributed by atoms with Gasteiger partial charge >= 0.3 is 0 Å². The van der Waals surface area contributed by atoms with Gasteiger partial charge in [-0.3, -0.25) is 0 Å². The lowest BCUT2D eigenvalue weighted by Crippen LogP contribution is -2.36. The predicted molar refractivity (Wildman–Crippen MR) is 85.3 cm³/mol. The molecule has 1 aromatic rings. The monoisotopic (exact) mass is 365 g/mol. The number of benzene rings is 1. The molecule has 0 radical (unpaired) electrons. The van der Waals surface area contributed by atoms with Gasteiger partial charge in [-0.25, -0.2) is 0 Å². The van der Waals surface area contributed by atoms with Crippen molar-refractivity contribution < 1.29 is 5.11 Å². The average molecular weight is 367 g/mol. The second kappa shape index (κ2) is 6.66. The van der Waals surface area contributed by atoms with Gasteiger partial charge in [-0.15, -0.1) is 0 Å². The van der Waals surface area contributed by atoms with Crippen LogP contribution in [0.2, 0.25) is 10.0 Å². The molecule has 0 unspecified atom stereocenters. The lowest BCUT2D eigenvalue weighted by molar-refractivity contribution is 0.0381. The van der Waals surface area contributed by atoms with E-state index in [0.29, 0.717) is 22.3 Å². The number of aliphatic hydroxyl groups is 1. The van der Waals surface area contributed by atoms with Crippen molar-refractivity contribution in [1.29, 1.82) is 0 Å². The summed E-state index contributed by atoms with van der Waals surface area (Å²) in [6.07, 6.45) is 6.27. The van der Waals surface area contributed by atoms with E-state index >= 15 is 0 Å². The van der Waals surface area contributed by atoms with E-state index < -0.39 is 5.60 Å². The molecular weight excluding hydrogens is 349 g/mol. The molecule has 2 rings (SSSR count). The summed E-state index contributed by atoms with van der Waals surface area (Å²) in [5, 5.41) is 14.9. The molecule has 1 aliphatic rings. The summed E-state index contributed by atoms with van der Waals surface area (Å²) in [7, 11) is 0. The lowest BCUT2D eigenvalue weighted by Gasteiger charge is -2.27. The minimum absolute atomic E-state index is 0.494. The van der Waals surface area contributed by atoms with Gasteiger partial charge in [-0.05, 0) is 25.0 Å². The van der Waals surface area contributed by atoms with Gasteiger partial charge in [-0.1, -0.05) is 64.8 Å². The van der Waals surface area contributed by atoms with Crippen LogP contribution in [0.25, 0.3) is 0 Å². The molecule has 0 aliphatic heterocycles.